The van der Waals surface area contributed by atoms with Gasteiger partial charge in [0, 0.05) is 44.4 Å². The van der Waals surface area contributed by atoms with Gasteiger partial charge in [-0.3, -0.25) is 9.59 Å². The van der Waals surface area contributed by atoms with E-state index in [1.165, 1.54) is 10.6 Å². The van der Waals surface area contributed by atoms with Gasteiger partial charge < -0.3 is 9.47 Å². The number of aryl methyl sites for hydroxylation is 1. The minimum Gasteiger partial charge on any atom is -0.349 e. The Morgan fingerprint density at radius 2 is 2.12 bits per heavy atom. The van der Waals surface area contributed by atoms with E-state index in [1.54, 1.807) is 37.6 Å². The largest absolute Gasteiger partial charge is 0.349 e. The maximum absolute atomic E-state index is 13.8. The van der Waals surface area contributed by atoms with E-state index in [9.17, 15) is 14.0 Å². The predicted molar refractivity (Wildman–Crippen MR) is 94.1 cm³/mol. The van der Waals surface area contributed by atoms with E-state index < -0.39 is 0 Å². The van der Waals surface area contributed by atoms with Gasteiger partial charge >= 0.3 is 0 Å². The first-order valence-electron chi connectivity index (χ1n) is 8.51. The molecular weight excluding hydrogens is 321 g/mol. The smallest absolute Gasteiger partial charge is 0.293 e. The zero-order chi connectivity index (χ0) is 18.0. The number of carbonyl (C=O) groups is 1. The monoisotopic (exact) mass is 343 g/mol. The molecule has 25 heavy (non-hydrogen) atoms. The fourth-order valence-corrected chi connectivity index (χ4v) is 3.43. The summed E-state index contributed by atoms with van der Waals surface area (Å²) >= 11 is 0. The first kappa shape index (κ1) is 17.3. The van der Waals surface area contributed by atoms with Crippen LogP contribution in [0.15, 0.2) is 41.5 Å². The third-order valence-electron chi connectivity index (χ3n) is 4.92. The molecule has 2 aromatic rings. The van der Waals surface area contributed by atoms with Gasteiger partial charge in [0.1, 0.15) is 11.6 Å². The normalized spacial score (nSPS) is 20.5. The molecule has 0 saturated carbocycles. The number of aromatic nitrogens is 2. The van der Waals surface area contributed by atoms with E-state index in [0.717, 1.165) is 0 Å². The predicted octanol–water partition coefficient (Wildman–Crippen LogP) is 2.34. The number of nitrogens with zero attached hydrogens (tertiary/aromatic N) is 3. The molecule has 1 fully saturated rings. The van der Waals surface area contributed by atoms with E-state index in [-0.39, 0.29) is 35.5 Å². The second kappa shape index (κ2) is 7.17. The van der Waals surface area contributed by atoms with Crippen molar-refractivity contribution in [3.05, 3.63) is 58.4 Å². The molecule has 1 aromatic carbocycles. The summed E-state index contributed by atoms with van der Waals surface area (Å²) in [6, 6.07) is 6.44. The maximum atomic E-state index is 13.8. The van der Waals surface area contributed by atoms with E-state index in [1.807, 2.05) is 11.8 Å². The standard InChI is InChI=1S/C19H22FN3O2/c1-13-11-15(17(24)12-14-5-3-4-6-16(14)20)7-9-23(13)18-19(25)22(2)10-8-21-18/h3-6,8,10,13,15H,7,9,11-12H2,1-2H3/t13-,15+/m0/s1. The third kappa shape index (κ3) is 3.62. The molecule has 0 spiro atoms. The van der Waals surface area contributed by atoms with Crippen molar-refractivity contribution in [3.63, 3.8) is 0 Å². The number of rotatable bonds is 4. The topological polar surface area (TPSA) is 55.2 Å². The van der Waals surface area contributed by atoms with Crippen LogP contribution in [0.4, 0.5) is 10.2 Å². The molecule has 1 aliphatic heterocycles. The number of Topliss-reactive ketones (excluding diaryl/α,β-unsaturated/α-hetero) is 1. The van der Waals surface area contributed by atoms with Gasteiger partial charge in [-0.2, -0.15) is 0 Å². The molecule has 6 heteroatoms. The maximum Gasteiger partial charge on any atom is 0.293 e. The Hall–Kier alpha value is -2.50. The van der Waals surface area contributed by atoms with Crippen molar-refractivity contribution in [2.45, 2.75) is 32.2 Å². The van der Waals surface area contributed by atoms with Gasteiger partial charge in [-0.1, -0.05) is 18.2 Å². The number of benzene rings is 1. The second-order valence-electron chi connectivity index (χ2n) is 6.67. The Balaban J connectivity index is 1.69. The number of hydrogen-bond donors (Lipinski definition) is 0. The van der Waals surface area contributed by atoms with Crippen molar-refractivity contribution in [2.24, 2.45) is 13.0 Å². The van der Waals surface area contributed by atoms with Crippen LogP contribution in [0.25, 0.3) is 0 Å². The molecule has 1 aliphatic rings. The van der Waals surface area contributed by atoms with Crippen molar-refractivity contribution in [3.8, 4) is 0 Å². The lowest BCUT2D eigenvalue weighted by atomic mass is 9.86. The first-order chi connectivity index (χ1) is 12.0. The van der Waals surface area contributed by atoms with Crippen LogP contribution in [0.5, 0.6) is 0 Å². The molecule has 1 saturated heterocycles. The van der Waals surface area contributed by atoms with Crippen molar-refractivity contribution in [2.75, 3.05) is 11.4 Å². The fourth-order valence-electron chi connectivity index (χ4n) is 3.43. The van der Waals surface area contributed by atoms with Crippen LogP contribution in [-0.4, -0.2) is 27.9 Å². The summed E-state index contributed by atoms with van der Waals surface area (Å²) in [6.07, 6.45) is 4.65. The molecule has 132 valence electrons. The van der Waals surface area contributed by atoms with Gasteiger partial charge in [-0.25, -0.2) is 9.37 Å². The van der Waals surface area contributed by atoms with Crippen LogP contribution >= 0.6 is 0 Å². The summed E-state index contributed by atoms with van der Waals surface area (Å²) in [5, 5.41) is 0. The fraction of sp³-hybridized carbons (Fsp3) is 0.421. The van der Waals surface area contributed by atoms with Crippen molar-refractivity contribution < 1.29 is 9.18 Å². The molecule has 1 aromatic heterocycles. The lowest BCUT2D eigenvalue weighted by molar-refractivity contribution is -0.123. The van der Waals surface area contributed by atoms with Crippen molar-refractivity contribution >= 4 is 11.6 Å². The quantitative estimate of drug-likeness (QED) is 0.855. The highest BCUT2D eigenvalue weighted by Crippen LogP contribution is 2.27. The van der Waals surface area contributed by atoms with Gasteiger partial charge in [-0.05, 0) is 31.4 Å². The van der Waals surface area contributed by atoms with Crippen LogP contribution in [0.3, 0.4) is 0 Å². The number of piperidine rings is 1. The lowest BCUT2D eigenvalue weighted by Gasteiger charge is -2.37. The molecule has 0 amide bonds. The minimum absolute atomic E-state index is 0.0333. The average molecular weight is 343 g/mol. The first-order valence-corrected chi connectivity index (χ1v) is 8.51. The Bertz CT molecular complexity index is 833. The third-order valence-corrected chi connectivity index (χ3v) is 4.92. The molecule has 0 radical (unpaired) electrons. The van der Waals surface area contributed by atoms with Crippen LogP contribution in [0.1, 0.15) is 25.3 Å². The van der Waals surface area contributed by atoms with Crippen LogP contribution < -0.4 is 10.5 Å². The SMILES string of the molecule is C[C@H]1C[C@H](C(=O)Cc2ccccc2F)CCN1c1nccn(C)c1=O. The van der Waals surface area contributed by atoms with Gasteiger partial charge in [0.25, 0.3) is 5.56 Å². The number of carbonyl (C=O) groups excluding carboxylic acids is 1. The second-order valence-corrected chi connectivity index (χ2v) is 6.67. The highest BCUT2D eigenvalue weighted by atomic mass is 19.1. The number of halogens is 1. The molecule has 0 N–H and O–H groups in total. The van der Waals surface area contributed by atoms with Gasteiger partial charge in [-0.15, -0.1) is 0 Å². The molecule has 5 nitrogen and oxygen atoms in total. The highest BCUT2D eigenvalue weighted by molar-refractivity contribution is 5.83. The molecule has 3 rings (SSSR count). The summed E-state index contributed by atoms with van der Waals surface area (Å²) in [5.74, 6) is 0.0414. The summed E-state index contributed by atoms with van der Waals surface area (Å²) in [5.41, 5.74) is 0.312. The number of hydrogen-bond acceptors (Lipinski definition) is 4. The van der Waals surface area contributed by atoms with Crippen LogP contribution in [0, 0.1) is 11.7 Å². The lowest BCUT2D eigenvalue weighted by Crippen LogP contribution is -2.46. The van der Waals surface area contributed by atoms with Crippen molar-refractivity contribution in [1.29, 1.82) is 0 Å². The Morgan fingerprint density at radius 1 is 1.36 bits per heavy atom. The summed E-state index contributed by atoms with van der Waals surface area (Å²) in [6.45, 7) is 2.59. The van der Waals surface area contributed by atoms with E-state index in [2.05, 4.69) is 4.98 Å². The molecule has 2 atom stereocenters. The summed E-state index contributed by atoms with van der Waals surface area (Å²) in [4.78, 5) is 31.0. The average Bonchev–Trinajstić information content (AvgIpc) is 2.59. The zero-order valence-electron chi connectivity index (χ0n) is 14.5. The Labute approximate surface area is 146 Å². The van der Waals surface area contributed by atoms with Crippen LogP contribution in [0.2, 0.25) is 0 Å². The molecule has 2 heterocycles. The Morgan fingerprint density at radius 3 is 2.84 bits per heavy atom. The van der Waals surface area contributed by atoms with Crippen LogP contribution in [-0.2, 0) is 18.3 Å². The highest BCUT2D eigenvalue weighted by Gasteiger charge is 2.31. The zero-order valence-corrected chi connectivity index (χ0v) is 14.5. The van der Waals surface area contributed by atoms with Gasteiger partial charge in [0.05, 0.1) is 0 Å². The van der Waals surface area contributed by atoms with E-state index >= 15 is 0 Å². The number of ketones is 1. The minimum atomic E-state index is -0.335. The summed E-state index contributed by atoms with van der Waals surface area (Å²) < 4.78 is 15.3. The Kier molecular flexibility index (Phi) is 4.97. The molecule has 0 aliphatic carbocycles. The molecular formula is C19H22FN3O2. The van der Waals surface area contributed by atoms with Gasteiger partial charge in [0.2, 0.25) is 0 Å². The van der Waals surface area contributed by atoms with E-state index in [4.69, 9.17) is 0 Å². The van der Waals surface area contributed by atoms with Gasteiger partial charge in [0.15, 0.2) is 5.82 Å². The van der Waals surface area contributed by atoms with Crippen molar-refractivity contribution in [1.82, 2.24) is 9.55 Å². The van der Waals surface area contributed by atoms with E-state index in [0.29, 0.717) is 30.8 Å². The summed E-state index contributed by atoms with van der Waals surface area (Å²) in [7, 11) is 1.70. The molecule has 0 bridgehead atoms. The molecule has 0 unspecified atom stereocenters. The number of anilines is 1.